The number of carbonyl (C=O) groups excluding carboxylic acids is 3. The molecule has 14 heteroatoms. The van der Waals surface area contributed by atoms with Crippen LogP contribution in [0.2, 0.25) is 0 Å². The summed E-state index contributed by atoms with van der Waals surface area (Å²) in [4.78, 5) is 65.3. The third kappa shape index (κ3) is 6.09. The van der Waals surface area contributed by atoms with E-state index in [1.165, 1.54) is 0 Å². The van der Waals surface area contributed by atoms with Crippen molar-refractivity contribution in [1.29, 1.82) is 0 Å². The molecule has 0 saturated carbocycles. The van der Waals surface area contributed by atoms with Crippen LogP contribution < -0.4 is 10.3 Å². The van der Waals surface area contributed by atoms with E-state index in [1.807, 2.05) is 40.0 Å². The van der Waals surface area contributed by atoms with Crippen molar-refractivity contribution in [3.63, 3.8) is 0 Å². The van der Waals surface area contributed by atoms with Gasteiger partial charge in [-0.2, -0.15) is 0 Å². The van der Waals surface area contributed by atoms with Crippen LogP contribution in [0.15, 0.2) is 29.1 Å². The third-order valence-electron chi connectivity index (χ3n) is 10.1. The van der Waals surface area contributed by atoms with Crippen molar-refractivity contribution in [2.75, 3.05) is 59.4 Å². The largest absolute Gasteiger partial charge is 0.458 e. The van der Waals surface area contributed by atoms with Crippen LogP contribution in [-0.2, 0) is 39.6 Å². The van der Waals surface area contributed by atoms with E-state index in [9.17, 15) is 24.3 Å². The van der Waals surface area contributed by atoms with Gasteiger partial charge < -0.3 is 38.6 Å². The number of aromatic nitrogens is 2. The average molecular weight is 689 g/mol. The molecule has 4 aliphatic rings. The Morgan fingerprint density at radius 1 is 0.980 bits per heavy atom. The van der Waals surface area contributed by atoms with Gasteiger partial charge in [-0.1, -0.05) is 6.92 Å². The molecule has 6 heterocycles. The van der Waals surface area contributed by atoms with E-state index >= 15 is 0 Å². The van der Waals surface area contributed by atoms with Gasteiger partial charge in [0.15, 0.2) is 5.60 Å². The van der Waals surface area contributed by atoms with Crippen molar-refractivity contribution in [2.24, 2.45) is 0 Å². The van der Waals surface area contributed by atoms with E-state index in [0.717, 1.165) is 29.6 Å². The number of ether oxygens (including phenoxy) is 3. The number of amides is 2. The summed E-state index contributed by atoms with van der Waals surface area (Å²) >= 11 is 0. The van der Waals surface area contributed by atoms with E-state index < -0.39 is 23.3 Å². The van der Waals surface area contributed by atoms with E-state index in [-0.39, 0.29) is 42.4 Å². The highest BCUT2D eigenvalue weighted by molar-refractivity contribution is 5.90. The minimum Gasteiger partial charge on any atom is -0.458 e. The lowest BCUT2D eigenvalue weighted by Gasteiger charge is -2.36. The van der Waals surface area contributed by atoms with Crippen LogP contribution in [0.25, 0.3) is 22.3 Å². The minimum absolute atomic E-state index is 0.0603. The maximum absolute atomic E-state index is 13.7. The van der Waals surface area contributed by atoms with Crippen LogP contribution in [0.3, 0.4) is 0 Å². The van der Waals surface area contributed by atoms with Crippen molar-refractivity contribution in [3.8, 4) is 17.1 Å². The van der Waals surface area contributed by atoms with Crippen LogP contribution >= 0.6 is 0 Å². The van der Waals surface area contributed by atoms with Crippen LogP contribution in [0.5, 0.6) is 5.75 Å². The Morgan fingerprint density at radius 3 is 2.34 bits per heavy atom. The van der Waals surface area contributed by atoms with Crippen LogP contribution in [0, 0.1) is 0 Å². The second kappa shape index (κ2) is 12.7. The molecule has 1 aromatic carbocycles. The number of rotatable bonds is 4. The summed E-state index contributed by atoms with van der Waals surface area (Å²) in [5.41, 5.74) is 1.05. The average Bonchev–Trinajstić information content (AvgIpc) is 3.44. The first-order chi connectivity index (χ1) is 23.8. The number of benzene rings is 1. The standard InChI is InChI=1S/C36H44N6O8/c1-6-36(47)26-18-28-30-22(19-42(28)31(43)25(26)21-48-32(36)44)17-23-24(20-39-11-15-41(16-12-39)34(46)50-35(2,3)4)29(8-7-27(23)37-30)49-33(45)40-13-9-38(5)10-14-40/h7-8,17-18,47H,6,9-16,19-21H2,1-5H3/t36-/m0/s1. The molecule has 0 radical (unpaired) electrons. The predicted octanol–water partition coefficient (Wildman–Crippen LogP) is 2.88. The lowest BCUT2D eigenvalue weighted by Crippen LogP contribution is -2.49. The molecule has 50 heavy (non-hydrogen) atoms. The number of cyclic esters (lactones) is 1. The number of hydrogen-bond donors (Lipinski definition) is 1. The fourth-order valence-electron chi connectivity index (χ4n) is 7.14. The molecule has 0 bridgehead atoms. The molecule has 4 aliphatic heterocycles. The Bertz CT molecular complexity index is 1940. The Kier molecular flexibility index (Phi) is 8.59. The van der Waals surface area contributed by atoms with E-state index in [4.69, 9.17) is 19.2 Å². The van der Waals surface area contributed by atoms with Crippen molar-refractivity contribution in [1.82, 2.24) is 29.2 Å². The number of aliphatic hydroxyl groups is 1. The Morgan fingerprint density at radius 2 is 1.66 bits per heavy atom. The van der Waals surface area contributed by atoms with Crippen molar-refractivity contribution < 1.29 is 33.7 Å². The summed E-state index contributed by atoms with van der Waals surface area (Å²) in [6.07, 6.45) is -0.689. The first kappa shape index (κ1) is 33.9. The number of nitrogens with zero attached hydrogens (tertiary/aromatic N) is 6. The summed E-state index contributed by atoms with van der Waals surface area (Å²) in [5, 5.41) is 12.0. The molecule has 3 aromatic rings. The zero-order chi connectivity index (χ0) is 35.5. The predicted molar refractivity (Wildman–Crippen MR) is 183 cm³/mol. The Hall–Kier alpha value is -4.53. The number of carbonyl (C=O) groups is 3. The second-order valence-electron chi connectivity index (χ2n) is 14.6. The molecule has 0 aliphatic carbocycles. The van der Waals surface area contributed by atoms with Gasteiger partial charge in [-0.3, -0.25) is 9.69 Å². The molecule has 0 unspecified atom stereocenters. The Balaban J connectivity index is 1.24. The van der Waals surface area contributed by atoms with Crippen LogP contribution in [0.1, 0.15) is 56.4 Å². The monoisotopic (exact) mass is 688 g/mol. The maximum Gasteiger partial charge on any atom is 0.415 e. The van der Waals surface area contributed by atoms with E-state index in [2.05, 4.69) is 9.80 Å². The summed E-state index contributed by atoms with van der Waals surface area (Å²) in [7, 11) is 2.02. The highest BCUT2D eigenvalue weighted by atomic mass is 16.6. The number of fused-ring (bicyclic) bond motifs is 5. The third-order valence-corrected chi connectivity index (χ3v) is 10.1. The molecule has 2 fully saturated rings. The van der Waals surface area contributed by atoms with Gasteiger partial charge in [0.05, 0.1) is 29.0 Å². The lowest BCUT2D eigenvalue weighted by atomic mass is 9.86. The molecule has 1 atom stereocenters. The fraction of sp³-hybridized carbons (Fsp3) is 0.528. The van der Waals surface area contributed by atoms with Gasteiger partial charge in [0.2, 0.25) is 0 Å². The molecular weight excluding hydrogens is 644 g/mol. The summed E-state index contributed by atoms with van der Waals surface area (Å²) in [6.45, 7) is 12.5. The number of piperazine rings is 2. The number of esters is 1. The van der Waals surface area contributed by atoms with Gasteiger partial charge in [-0.05, 0) is 58.5 Å². The van der Waals surface area contributed by atoms with Crippen LogP contribution in [-0.4, -0.2) is 117 Å². The quantitative estimate of drug-likeness (QED) is 0.316. The molecule has 1 N–H and O–H groups in total. The lowest BCUT2D eigenvalue weighted by molar-refractivity contribution is -0.172. The highest BCUT2D eigenvalue weighted by Gasteiger charge is 2.45. The summed E-state index contributed by atoms with van der Waals surface area (Å²) in [5.74, 6) is -0.332. The van der Waals surface area contributed by atoms with Gasteiger partial charge in [-0.15, -0.1) is 0 Å². The normalized spacial score (nSPS) is 21.0. The summed E-state index contributed by atoms with van der Waals surface area (Å²) in [6, 6.07) is 7.27. The smallest absolute Gasteiger partial charge is 0.415 e. The van der Waals surface area contributed by atoms with Gasteiger partial charge in [0, 0.05) is 81.0 Å². The van der Waals surface area contributed by atoms with Crippen molar-refractivity contribution >= 4 is 29.1 Å². The first-order valence-corrected chi connectivity index (χ1v) is 17.2. The van der Waals surface area contributed by atoms with Gasteiger partial charge in [0.25, 0.3) is 5.56 Å². The topological polar surface area (TPSA) is 147 Å². The number of pyridine rings is 2. The molecule has 2 amide bonds. The van der Waals surface area contributed by atoms with Gasteiger partial charge >= 0.3 is 18.2 Å². The van der Waals surface area contributed by atoms with Crippen LogP contribution in [0.4, 0.5) is 9.59 Å². The molecule has 14 nitrogen and oxygen atoms in total. The van der Waals surface area contributed by atoms with Gasteiger partial charge in [-0.25, -0.2) is 19.4 Å². The highest BCUT2D eigenvalue weighted by Crippen LogP contribution is 2.40. The molecule has 7 rings (SSSR count). The first-order valence-electron chi connectivity index (χ1n) is 17.2. The molecular formula is C36H44N6O8. The molecule has 2 aromatic heterocycles. The van der Waals surface area contributed by atoms with Crippen molar-refractivity contribution in [3.05, 3.63) is 56.9 Å². The Labute approximate surface area is 290 Å². The molecule has 266 valence electrons. The maximum atomic E-state index is 13.7. The zero-order valence-electron chi connectivity index (χ0n) is 29.3. The van der Waals surface area contributed by atoms with Gasteiger partial charge in [0.1, 0.15) is 18.0 Å². The fourth-order valence-corrected chi connectivity index (χ4v) is 7.14. The molecule has 0 spiro atoms. The molecule has 2 saturated heterocycles. The summed E-state index contributed by atoms with van der Waals surface area (Å²) < 4.78 is 18.5. The zero-order valence-corrected chi connectivity index (χ0v) is 29.3. The second-order valence-corrected chi connectivity index (χ2v) is 14.6. The number of likely N-dealkylation sites (N-methyl/N-ethyl adjacent to an activating group) is 1. The van der Waals surface area contributed by atoms with E-state index in [1.54, 1.807) is 33.4 Å². The number of hydrogen-bond acceptors (Lipinski definition) is 11. The SMILES string of the molecule is CC[C@@]1(O)C(=O)OCc2c1cc1n(c2=O)Cc2cc3c(CN4CCN(C(=O)OC(C)(C)C)CC4)c(OC(=O)N4CCN(C)CC4)ccc3nc2-1. The van der Waals surface area contributed by atoms with E-state index in [0.29, 0.717) is 68.5 Å². The van der Waals surface area contributed by atoms with Crippen molar-refractivity contribution in [2.45, 2.75) is 65.0 Å². The minimum atomic E-state index is -1.91.